The van der Waals surface area contributed by atoms with Crippen LogP contribution in [-0.2, 0) is 0 Å². The Bertz CT molecular complexity index is 493. The second-order valence-electron chi connectivity index (χ2n) is 3.43. The van der Waals surface area contributed by atoms with Gasteiger partial charge in [0.15, 0.2) is 0 Å². The van der Waals surface area contributed by atoms with Crippen molar-refractivity contribution in [3.05, 3.63) is 60.2 Å². The van der Waals surface area contributed by atoms with Crippen molar-refractivity contribution in [2.75, 3.05) is 0 Å². The lowest BCUT2D eigenvalue weighted by Gasteiger charge is -1.98. The SMILES string of the molecule is FC(F)c1ccc(N=Nc2ccccc2)cc1. The Hall–Kier alpha value is -2.10. The maximum atomic E-state index is 12.3. The van der Waals surface area contributed by atoms with Crippen LogP contribution in [0.3, 0.4) is 0 Å². The van der Waals surface area contributed by atoms with Crippen LogP contribution < -0.4 is 0 Å². The molecular formula is C13H10F2N2. The smallest absolute Gasteiger partial charge is 0.205 e. The van der Waals surface area contributed by atoms with E-state index in [4.69, 9.17) is 0 Å². The van der Waals surface area contributed by atoms with Gasteiger partial charge in [0.1, 0.15) is 0 Å². The fraction of sp³-hybridized carbons (Fsp3) is 0.0769. The summed E-state index contributed by atoms with van der Waals surface area (Å²) in [4.78, 5) is 0. The average molecular weight is 232 g/mol. The van der Waals surface area contributed by atoms with Crippen LogP contribution in [0.5, 0.6) is 0 Å². The molecule has 2 rings (SSSR count). The number of hydrogen-bond donors (Lipinski definition) is 0. The van der Waals surface area contributed by atoms with Crippen LogP contribution in [0.2, 0.25) is 0 Å². The topological polar surface area (TPSA) is 24.7 Å². The minimum atomic E-state index is -2.45. The van der Waals surface area contributed by atoms with E-state index in [1.54, 1.807) is 0 Å². The molecule has 0 heterocycles. The van der Waals surface area contributed by atoms with Gasteiger partial charge in [-0.05, 0) is 24.3 Å². The van der Waals surface area contributed by atoms with Crippen LogP contribution in [0, 0.1) is 0 Å². The van der Waals surface area contributed by atoms with Crippen LogP contribution in [0.25, 0.3) is 0 Å². The van der Waals surface area contributed by atoms with Gasteiger partial charge in [-0.2, -0.15) is 10.2 Å². The van der Waals surface area contributed by atoms with Crippen LogP contribution in [0.1, 0.15) is 12.0 Å². The van der Waals surface area contributed by atoms with Crippen LogP contribution in [0.15, 0.2) is 64.8 Å². The van der Waals surface area contributed by atoms with Gasteiger partial charge in [-0.3, -0.25) is 0 Å². The molecule has 0 fully saturated rings. The Morgan fingerprint density at radius 1 is 0.706 bits per heavy atom. The van der Waals surface area contributed by atoms with Gasteiger partial charge in [0, 0.05) is 5.56 Å². The van der Waals surface area contributed by atoms with E-state index in [0.29, 0.717) is 5.69 Å². The Morgan fingerprint density at radius 3 is 1.76 bits per heavy atom. The lowest BCUT2D eigenvalue weighted by atomic mass is 10.2. The molecule has 0 amide bonds. The van der Waals surface area contributed by atoms with Gasteiger partial charge < -0.3 is 0 Å². The van der Waals surface area contributed by atoms with E-state index < -0.39 is 6.43 Å². The molecule has 17 heavy (non-hydrogen) atoms. The van der Waals surface area contributed by atoms with Crippen LogP contribution >= 0.6 is 0 Å². The molecule has 0 saturated heterocycles. The van der Waals surface area contributed by atoms with Crippen LogP contribution in [-0.4, -0.2) is 0 Å². The molecular weight excluding hydrogens is 222 g/mol. The first-order valence-corrected chi connectivity index (χ1v) is 5.10. The molecule has 0 N–H and O–H groups in total. The third kappa shape index (κ3) is 3.17. The van der Waals surface area contributed by atoms with E-state index in [1.165, 1.54) is 24.3 Å². The van der Waals surface area contributed by atoms with Crippen molar-refractivity contribution in [2.24, 2.45) is 10.2 Å². The van der Waals surface area contributed by atoms with E-state index >= 15 is 0 Å². The number of alkyl halides is 2. The summed E-state index contributed by atoms with van der Waals surface area (Å²) >= 11 is 0. The lowest BCUT2D eigenvalue weighted by molar-refractivity contribution is 0.151. The quantitative estimate of drug-likeness (QED) is 0.662. The lowest BCUT2D eigenvalue weighted by Crippen LogP contribution is -1.80. The molecule has 4 heteroatoms. The molecule has 0 aliphatic carbocycles. The molecule has 2 aromatic rings. The Labute approximate surface area is 97.6 Å². The maximum absolute atomic E-state index is 12.3. The Morgan fingerprint density at radius 2 is 1.24 bits per heavy atom. The molecule has 0 bridgehead atoms. The van der Waals surface area contributed by atoms with E-state index in [2.05, 4.69) is 10.2 Å². The minimum Gasteiger partial charge on any atom is -0.205 e. The monoisotopic (exact) mass is 232 g/mol. The molecule has 0 aliphatic rings. The maximum Gasteiger partial charge on any atom is 0.263 e. The highest BCUT2D eigenvalue weighted by atomic mass is 19.3. The highest BCUT2D eigenvalue weighted by Gasteiger charge is 2.05. The second kappa shape index (κ2) is 5.30. The van der Waals surface area contributed by atoms with Crippen molar-refractivity contribution >= 4 is 11.4 Å². The fourth-order valence-electron chi connectivity index (χ4n) is 1.30. The number of rotatable bonds is 3. The van der Waals surface area contributed by atoms with Crippen molar-refractivity contribution in [1.82, 2.24) is 0 Å². The summed E-state index contributed by atoms with van der Waals surface area (Å²) in [6, 6.07) is 15.0. The van der Waals surface area contributed by atoms with E-state index in [-0.39, 0.29) is 5.56 Å². The third-order valence-corrected chi connectivity index (χ3v) is 2.18. The molecule has 0 atom stereocenters. The van der Waals surface area contributed by atoms with Gasteiger partial charge in [0.2, 0.25) is 0 Å². The van der Waals surface area contributed by atoms with Crippen molar-refractivity contribution in [1.29, 1.82) is 0 Å². The van der Waals surface area contributed by atoms with Gasteiger partial charge in [-0.15, -0.1) is 0 Å². The molecule has 0 saturated carbocycles. The molecule has 0 aliphatic heterocycles. The number of benzene rings is 2. The van der Waals surface area contributed by atoms with E-state index in [1.807, 2.05) is 30.3 Å². The first-order valence-electron chi connectivity index (χ1n) is 5.10. The van der Waals surface area contributed by atoms with Crippen molar-refractivity contribution in [3.8, 4) is 0 Å². The largest absolute Gasteiger partial charge is 0.263 e. The summed E-state index contributed by atoms with van der Waals surface area (Å²) in [5.74, 6) is 0. The predicted molar refractivity (Wildman–Crippen MR) is 62.0 cm³/mol. The summed E-state index contributed by atoms with van der Waals surface area (Å²) in [7, 11) is 0. The van der Waals surface area contributed by atoms with Gasteiger partial charge in [0.05, 0.1) is 11.4 Å². The highest BCUT2D eigenvalue weighted by molar-refractivity contribution is 5.41. The summed E-state index contributed by atoms with van der Waals surface area (Å²) in [5, 5.41) is 7.95. The van der Waals surface area contributed by atoms with E-state index in [9.17, 15) is 8.78 Å². The fourth-order valence-corrected chi connectivity index (χ4v) is 1.30. The zero-order valence-electron chi connectivity index (χ0n) is 8.92. The Kier molecular flexibility index (Phi) is 3.55. The summed E-state index contributed by atoms with van der Waals surface area (Å²) < 4.78 is 24.6. The number of azo groups is 1. The summed E-state index contributed by atoms with van der Waals surface area (Å²) in [6.07, 6.45) is -2.45. The van der Waals surface area contributed by atoms with Gasteiger partial charge >= 0.3 is 0 Å². The van der Waals surface area contributed by atoms with Gasteiger partial charge in [-0.1, -0.05) is 30.3 Å². The van der Waals surface area contributed by atoms with Crippen molar-refractivity contribution in [3.63, 3.8) is 0 Å². The van der Waals surface area contributed by atoms with Gasteiger partial charge in [0.25, 0.3) is 6.43 Å². The zero-order chi connectivity index (χ0) is 12.1. The van der Waals surface area contributed by atoms with E-state index in [0.717, 1.165) is 5.69 Å². The first kappa shape index (κ1) is 11.4. The second-order valence-corrected chi connectivity index (χ2v) is 3.43. The van der Waals surface area contributed by atoms with Crippen LogP contribution in [0.4, 0.5) is 20.2 Å². The zero-order valence-corrected chi connectivity index (χ0v) is 8.92. The molecule has 2 nitrogen and oxygen atoms in total. The molecule has 0 spiro atoms. The standard InChI is InChI=1S/C13H10F2N2/c14-13(15)10-6-8-12(9-7-10)17-16-11-4-2-1-3-5-11/h1-9,13H. The predicted octanol–water partition coefficient (Wildman–Crippen LogP) is 5.04. The minimum absolute atomic E-state index is 0.0105. The molecule has 2 aromatic carbocycles. The highest BCUT2D eigenvalue weighted by Crippen LogP contribution is 2.23. The van der Waals surface area contributed by atoms with Crippen molar-refractivity contribution in [2.45, 2.75) is 6.43 Å². The average Bonchev–Trinajstić information content (AvgIpc) is 2.38. The Balaban J connectivity index is 2.12. The first-order chi connectivity index (χ1) is 8.25. The van der Waals surface area contributed by atoms with Gasteiger partial charge in [-0.25, -0.2) is 8.78 Å². The third-order valence-electron chi connectivity index (χ3n) is 2.18. The number of halogens is 2. The molecule has 0 radical (unpaired) electrons. The summed E-state index contributed by atoms with van der Waals surface area (Å²) in [5.41, 5.74) is 1.27. The molecule has 0 unspecified atom stereocenters. The summed E-state index contributed by atoms with van der Waals surface area (Å²) in [6.45, 7) is 0. The molecule has 86 valence electrons. The molecule has 0 aromatic heterocycles. The number of hydrogen-bond acceptors (Lipinski definition) is 2. The normalized spacial score (nSPS) is 11.2. The number of nitrogens with zero attached hydrogens (tertiary/aromatic N) is 2. The van der Waals surface area contributed by atoms with Crippen molar-refractivity contribution < 1.29 is 8.78 Å².